The maximum atomic E-state index is 10.8. The van der Waals surface area contributed by atoms with E-state index in [1.54, 1.807) is 11.8 Å². The molecule has 0 aliphatic heterocycles. The standard InChI is InChI=1S/C8H14N6O3/c1-2-13(3-4-15)7-6(14(16)17)5-10-8(11-7)12-9/h5,15H,2-4,9H2,1H3,(H,10,11,12). The van der Waals surface area contributed by atoms with Crippen LogP contribution in [0, 0.1) is 10.1 Å². The molecule has 1 aromatic rings. The second-order valence-corrected chi connectivity index (χ2v) is 3.11. The molecule has 0 atom stereocenters. The molecule has 9 heteroatoms. The van der Waals surface area contributed by atoms with E-state index in [-0.39, 0.29) is 30.6 Å². The van der Waals surface area contributed by atoms with Gasteiger partial charge in [0.1, 0.15) is 6.20 Å². The number of nitrogen functional groups attached to an aromatic ring is 1. The van der Waals surface area contributed by atoms with Crippen LogP contribution in [0.2, 0.25) is 0 Å². The van der Waals surface area contributed by atoms with Crippen molar-refractivity contribution in [2.24, 2.45) is 5.84 Å². The summed E-state index contributed by atoms with van der Waals surface area (Å²) < 4.78 is 0. The summed E-state index contributed by atoms with van der Waals surface area (Å²) in [6.07, 6.45) is 1.08. The van der Waals surface area contributed by atoms with Gasteiger partial charge in [-0.1, -0.05) is 0 Å². The van der Waals surface area contributed by atoms with Gasteiger partial charge in [-0.15, -0.1) is 0 Å². The molecule has 17 heavy (non-hydrogen) atoms. The summed E-state index contributed by atoms with van der Waals surface area (Å²) in [5, 5.41) is 19.7. The summed E-state index contributed by atoms with van der Waals surface area (Å²) in [5.41, 5.74) is 2.00. The molecule has 0 saturated carbocycles. The third-order valence-corrected chi connectivity index (χ3v) is 2.13. The monoisotopic (exact) mass is 242 g/mol. The van der Waals surface area contributed by atoms with Gasteiger partial charge >= 0.3 is 5.69 Å². The summed E-state index contributed by atoms with van der Waals surface area (Å²) in [7, 11) is 0. The zero-order chi connectivity index (χ0) is 12.8. The molecule has 0 saturated heterocycles. The number of nitrogens with zero attached hydrogens (tertiary/aromatic N) is 4. The number of hydrazine groups is 1. The van der Waals surface area contributed by atoms with Crippen LogP contribution in [0.25, 0.3) is 0 Å². The lowest BCUT2D eigenvalue weighted by Crippen LogP contribution is -2.28. The molecular weight excluding hydrogens is 228 g/mol. The van der Waals surface area contributed by atoms with Gasteiger partial charge in [0, 0.05) is 13.1 Å². The number of hydrogen-bond acceptors (Lipinski definition) is 8. The summed E-state index contributed by atoms with van der Waals surface area (Å²) in [5.74, 6) is 5.37. The van der Waals surface area contributed by atoms with Gasteiger partial charge in [-0.25, -0.2) is 10.8 Å². The molecule has 1 rings (SSSR count). The SMILES string of the molecule is CCN(CCO)c1nc(NN)ncc1[N+](=O)[O-]. The highest BCUT2D eigenvalue weighted by atomic mass is 16.6. The van der Waals surface area contributed by atoms with Crippen LogP contribution in [0.1, 0.15) is 6.92 Å². The van der Waals surface area contributed by atoms with E-state index in [4.69, 9.17) is 10.9 Å². The highest BCUT2D eigenvalue weighted by Gasteiger charge is 2.21. The highest BCUT2D eigenvalue weighted by molar-refractivity contribution is 5.58. The van der Waals surface area contributed by atoms with Gasteiger partial charge in [0.15, 0.2) is 0 Å². The van der Waals surface area contributed by atoms with Crippen molar-refractivity contribution in [1.29, 1.82) is 0 Å². The lowest BCUT2D eigenvalue weighted by Gasteiger charge is -2.20. The van der Waals surface area contributed by atoms with Crippen LogP contribution in [0.3, 0.4) is 0 Å². The molecule has 0 aromatic carbocycles. The van der Waals surface area contributed by atoms with E-state index in [2.05, 4.69) is 15.4 Å². The molecule has 0 radical (unpaired) electrons. The van der Waals surface area contributed by atoms with Gasteiger partial charge in [0.25, 0.3) is 0 Å². The first-order chi connectivity index (χ1) is 8.13. The molecule has 0 aliphatic rings. The van der Waals surface area contributed by atoms with Gasteiger partial charge in [-0.2, -0.15) is 4.98 Å². The maximum Gasteiger partial charge on any atom is 0.329 e. The number of nitro groups is 1. The average molecular weight is 242 g/mol. The first-order valence-corrected chi connectivity index (χ1v) is 4.97. The minimum absolute atomic E-state index is 0.0852. The Morgan fingerprint density at radius 2 is 2.41 bits per heavy atom. The van der Waals surface area contributed by atoms with E-state index >= 15 is 0 Å². The van der Waals surface area contributed by atoms with Crippen molar-refractivity contribution < 1.29 is 10.0 Å². The second kappa shape index (κ2) is 5.92. The largest absolute Gasteiger partial charge is 0.395 e. The molecule has 0 aliphatic carbocycles. The molecule has 4 N–H and O–H groups in total. The number of aliphatic hydroxyl groups is 1. The normalized spacial score (nSPS) is 10.1. The Kier molecular flexibility index (Phi) is 4.55. The number of aromatic nitrogens is 2. The quantitative estimate of drug-likeness (QED) is 0.345. The molecule has 0 unspecified atom stereocenters. The molecule has 0 amide bonds. The van der Waals surface area contributed by atoms with Gasteiger partial charge in [-0.3, -0.25) is 15.5 Å². The van der Waals surface area contributed by atoms with E-state index < -0.39 is 4.92 Å². The minimum atomic E-state index is -0.574. The van der Waals surface area contributed by atoms with E-state index in [1.807, 2.05) is 0 Å². The Morgan fingerprint density at radius 3 is 2.88 bits per heavy atom. The number of likely N-dealkylation sites (N-methyl/N-ethyl adjacent to an activating group) is 1. The summed E-state index contributed by atoms with van der Waals surface area (Å²) in [4.78, 5) is 19.4. The fourth-order valence-electron chi connectivity index (χ4n) is 1.33. The van der Waals surface area contributed by atoms with Crippen molar-refractivity contribution in [2.45, 2.75) is 6.92 Å². The number of anilines is 2. The van der Waals surface area contributed by atoms with E-state index in [9.17, 15) is 10.1 Å². The Hall–Kier alpha value is -2.00. The fourth-order valence-corrected chi connectivity index (χ4v) is 1.33. The van der Waals surface area contributed by atoms with Gasteiger partial charge in [0.05, 0.1) is 11.5 Å². The van der Waals surface area contributed by atoms with Crippen molar-refractivity contribution in [3.63, 3.8) is 0 Å². The van der Waals surface area contributed by atoms with Gasteiger partial charge in [-0.05, 0) is 6.92 Å². The molecule has 0 spiro atoms. The Bertz CT molecular complexity index is 399. The number of aliphatic hydroxyl groups excluding tert-OH is 1. The first kappa shape index (κ1) is 13.1. The molecule has 1 aromatic heterocycles. The number of nitrogens with two attached hydrogens (primary N) is 1. The third-order valence-electron chi connectivity index (χ3n) is 2.13. The summed E-state index contributed by atoms with van der Waals surface area (Å²) in [6, 6.07) is 0. The van der Waals surface area contributed by atoms with E-state index in [1.165, 1.54) is 0 Å². The first-order valence-electron chi connectivity index (χ1n) is 4.97. The van der Waals surface area contributed by atoms with Crippen LogP contribution in [0.4, 0.5) is 17.5 Å². The molecule has 1 heterocycles. The average Bonchev–Trinajstić information content (AvgIpc) is 2.35. The van der Waals surface area contributed by atoms with Crippen molar-refractivity contribution in [3.8, 4) is 0 Å². The smallest absolute Gasteiger partial charge is 0.329 e. The van der Waals surface area contributed by atoms with Crippen LogP contribution in [-0.2, 0) is 0 Å². The van der Waals surface area contributed by atoms with E-state index in [0.29, 0.717) is 6.54 Å². The Balaban J connectivity index is 3.19. The Labute approximate surface area is 97.4 Å². The summed E-state index contributed by atoms with van der Waals surface area (Å²) >= 11 is 0. The molecule has 0 fully saturated rings. The molecule has 9 nitrogen and oxygen atoms in total. The summed E-state index contributed by atoms with van der Waals surface area (Å²) in [6.45, 7) is 2.40. The zero-order valence-corrected chi connectivity index (χ0v) is 9.33. The van der Waals surface area contributed by atoms with Crippen LogP contribution >= 0.6 is 0 Å². The van der Waals surface area contributed by atoms with Crippen molar-refractivity contribution in [3.05, 3.63) is 16.3 Å². The van der Waals surface area contributed by atoms with Crippen molar-refractivity contribution >= 4 is 17.5 Å². The number of nitrogens with one attached hydrogen (secondary N) is 1. The fraction of sp³-hybridized carbons (Fsp3) is 0.500. The van der Waals surface area contributed by atoms with Crippen LogP contribution in [0.5, 0.6) is 0 Å². The predicted octanol–water partition coefficient (Wildman–Crippen LogP) is -0.511. The van der Waals surface area contributed by atoms with Crippen molar-refractivity contribution in [2.75, 3.05) is 30.0 Å². The topological polar surface area (TPSA) is 130 Å². The third kappa shape index (κ3) is 2.98. The lowest BCUT2D eigenvalue weighted by atomic mass is 10.4. The van der Waals surface area contributed by atoms with Gasteiger partial charge < -0.3 is 10.0 Å². The minimum Gasteiger partial charge on any atom is -0.395 e. The zero-order valence-electron chi connectivity index (χ0n) is 9.33. The number of rotatable bonds is 6. The van der Waals surface area contributed by atoms with Crippen LogP contribution in [0.15, 0.2) is 6.20 Å². The second-order valence-electron chi connectivity index (χ2n) is 3.11. The number of hydrogen-bond donors (Lipinski definition) is 3. The lowest BCUT2D eigenvalue weighted by molar-refractivity contribution is -0.384. The van der Waals surface area contributed by atoms with Crippen LogP contribution in [-0.4, -0.2) is 39.7 Å². The molecular formula is C8H14N6O3. The molecule has 0 bridgehead atoms. The van der Waals surface area contributed by atoms with Crippen LogP contribution < -0.4 is 16.2 Å². The molecule has 94 valence electrons. The van der Waals surface area contributed by atoms with Crippen molar-refractivity contribution in [1.82, 2.24) is 9.97 Å². The Morgan fingerprint density at radius 1 is 1.71 bits per heavy atom. The van der Waals surface area contributed by atoms with E-state index in [0.717, 1.165) is 6.20 Å². The van der Waals surface area contributed by atoms with Gasteiger partial charge in [0.2, 0.25) is 11.8 Å². The predicted molar refractivity (Wildman–Crippen MR) is 61.5 cm³/mol. The maximum absolute atomic E-state index is 10.8. The highest BCUT2D eigenvalue weighted by Crippen LogP contribution is 2.25.